The summed E-state index contributed by atoms with van der Waals surface area (Å²) in [5.74, 6) is 1.27. The number of halogens is 1. The predicted octanol–water partition coefficient (Wildman–Crippen LogP) is 5.13. The SMILES string of the molecule is COc1cc(C)c(NC(=O)CSc2nnc(-c3ccc(F)cc3)n2-c2ccccc2)cc1OC. The van der Waals surface area contributed by atoms with Gasteiger partial charge < -0.3 is 14.8 Å². The van der Waals surface area contributed by atoms with E-state index in [1.807, 2.05) is 47.9 Å². The molecule has 174 valence electrons. The van der Waals surface area contributed by atoms with Crippen LogP contribution in [0.25, 0.3) is 17.1 Å². The molecule has 0 bridgehead atoms. The summed E-state index contributed by atoms with van der Waals surface area (Å²) in [6.07, 6.45) is 0. The van der Waals surface area contributed by atoms with E-state index in [0.717, 1.165) is 16.8 Å². The fourth-order valence-corrected chi connectivity index (χ4v) is 4.14. The zero-order valence-corrected chi connectivity index (χ0v) is 19.7. The Morgan fingerprint density at radius 2 is 1.68 bits per heavy atom. The van der Waals surface area contributed by atoms with Crippen LogP contribution in [-0.2, 0) is 4.79 Å². The highest BCUT2D eigenvalue weighted by atomic mass is 32.2. The molecule has 1 heterocycles. The lowest BCUT2D eigenvalue weighted by Gasteiger charge is -2.14. The third-order valence-electron chi connectivity index (χ3n) is 5.09. The van der Waals surface area contributed by atoms with Gasteiger partial charge in [-0.1, -0.05) is 30.0 Å². The van der Waals surface area contributed by atoms with Crippen molar-refractivity contribution in [2.24, 2.45) is 0 Å². The number of nitrogens with one attached hydrogen (secondary N) is 1. The largest absolute Gasteiger partial charge is 0.493 e. The highest BCUT2D eigenvalue weighted by Crippen LogP contribution is 2.33. The van der Waals surface area contributed by atoms with Gasteiger partial charge in [0.2, 0.25) is 5.91 Å². The first-order chi connectivity index (χ1) is 16.5. The van der Waals surface area contributed by atoms with E-state index in [-0.39, 0.29) is 17.5 Å². The van der Waals surface area contributed by atoms with Crippen LogP contribution >= 0.6 is 11.8 Å². The van der Waals surface area contributed by atoms with Crippen LogP contribution in [-0.4, -0.2) is 40.6 Å². The van der Waals surface area contributed by atoms with Crippen molar-refractivity contribution in [3.05, 3.63) is 78.1 Å². The van der Waals surface area contributed by atoms with E-state index in [2.05, 4.69) is 15.5 Å². The molecule has 3 aromatic carbocycles. The third kappa shape index (κ3) is 5.04. The van der Waals surface area contributed by atoms with Gasteiger partial charge in [0.25, 0.3) is 0 Å². The summed E-state index contributed by atoms with van der Waals surface area (Å²) < 4.78 is 25.9. The molecular weight excluding hydrogens is 455 g/mol. The number of ether oxygens (including phenoxy) is 2. The van der Waals surface area contributed by atoms with E-state index in [1.54, 1.807) is 32.4 Å². The molecule has 0 unspecified atom stereocenters. The van der Waals surface area contributed by atoms with Gasteiger partial charge in [0.1, 0.15) is 5.82 Å². The number of aryl methyl sites for hydroxylation is 1. The first-order valence-corrected chi connectivity index (χ1v) is 11.4. The number of hydrogen-bond acceptors (Lipinski definition) is 6. The van der Waals surface area contributed by atoms with Crippen molar-refractivity contribution >= 4 is 23.4 Å². The van der Waals surface area contributed by atoms with E-state index in [1.165, 1.54) is 23.9 Å². The van der Waals surface area contributed by atoms with E-state index >= 15 is 0 Å². The lowest BCUT2D eigenvalue weighted by molar-refractivity contribution is -0.113. The van der Waals surface area contributed by atoms with E-state index in [9.17, 15) is 9.18 Å². The molecule has 1 aromatic heterocycles. The maximum atomic E-state index is 13.4. The lowest BCUT2D eigenvalue weighted by atomic mass is 10.1. The Kier molecular flexibility index (Phi) is 7.12. The maximum Gasteiger partial charge on any atom is 0.234 e. The van der Waals surface area contributed by atoms with Crippen molar-refractivity contribution in [1.29, 1.82) is 0 Å². The lowest BCUT2D eigenvalue weighted by Crippen LogP contribution is -2.15. The van der Waals surface area contributed by atoms with Gasteiger partial charge in [-0.05, 0) is 55.0 Å². The van der Waals surface area contributed by atoms with Crippen molar-refractivity contribution in [3.8, 4) is 28.6 Å². The minimum atomic E-state index is -0.328. The van der Waals surface area contributed by atoms with Gasteiger partial charge in [-0.2, -0.15) is 0 Å². The zero-order valence-electron chi connectivity index (χ0n) is 18.9. The molecule has 7 nitrogen and oxygen atoms in total. The number of carbonyl (C=O) groups is 1. The molecule has 1 amide bonds. The minimum Gasteiger partial charge on any atom is -0.493 e. The number of aromatic nitrogens is 3. The summed E-state index contributed by atoms with van der Waals surface area (Å²) in [5, 5.41) is 12.1. The number of para-hydroxylation sites is 1. The van der Waals surface area contributed by atoms with Crippen LogP contribution in [0, 0.1) is 12.7 Å². The molecule has 0 spiro atoms. The smallest absolute Gasteiger partial charge is 0.234 e. The molecule has 0 aliphatic carbocycles. The molecule has 9 heteroatoms. The fourth-order valence-electron chi connectivity index (χ4n) is 3.39. The molecule has 0 fully saturated rings. The Morgan fingerprint density at radius 1 is 1.00 bits per heavy atom. The molecule has 0 radical (unpaired) electrons. The van der Waals surface area contributed by atoms with Crippen LogP contribution in [0.2, 0.25) is 0 Å². The molecule has 0 saturated carbocycles. The number of carbonyl (C=O) groups excluding carboxylic acids is 1. The first-order valence-electron chi connectivity index (χ1n) is 10.4. The Balaban J connectivity index is 1.56. The number of benzene rings is 3. The van der Waals surface area contributed by atoms with Crippen LogP contribution < -0.4 is 14.8 Å². The Morgan fingerprint density at radius 3 is 2.35 bits per heavy atom. The quantitative estimate of drug-likeness (QED) is 0.354. The number of rotatable bonds is 8. The van der Waals surface area contributed by atoms with Gasteiger partial charge in [-0.25, -0.2) is 4.39 Å². The van der Waals surface area contributed by atoms with Crippen LogP contribution in [0.1, 0.15) is 5.56 Å². The number of thioether (sulfide) groups is 1. The molecule has 0 saturated heterocycles. The van der Waals surface area contributed by atoms with Gasteiger partial charge in [0.05, 0.1) is 20.0 Å². The van der Waals surface area contributed by atoms with Crippen LogP contribution in [0.3, 0.4) is 0 Å². The third-order valence-corrected chi connectivity index (χ3v) is 6.02. The number of anilines is 1. The molecule has 0 atom stereocenters. The zero-order chi connectivity index (χ0) is 24.1. The first kappa shape index (κ1) is 23.3. The van der Waals surface area contributed by atoms with Gasteiger partial charge in [0, 0.05) is 23.0 Å². The summed E-state index contributed by atoms with van der Waals surface area (Å²) in [5.41, 5.74) is 3.04. The average Bonchev–Trinajstić information content (AvgIpc) is 3.28. The number of hydrogen-bond donors (Lipinski definition) is 1. The molecule has 4 aromatic rings. The Bertz CT molecular complexity index is 1290. The Hall–Kier alpha value is -3.85. The van der Waals surface area contributed by atoms with Crippen LogP contribution in [0.15, 0.2) is 71.9 Å². The molecule has 0 aliphatic rings. The van der Waals surface area contributed by atoms with Crippen molar-refractivity contribution < 1.29 is 18.7 Å². The second-order valence-electron chi connectivity index (χ2n) is 7.34. The molecule has 1 N–H and O–H groups in total. The summed E-state index contributed by atoms with van der Waals surface area (Å²) in [4.78, 5) is 12.8. The summed E-state index contributed by atoms with van der Waals surface area (Å²) in [6, 6.07) is 19.2. The van der Waals surface area contributed by atoms with E-state index < -0.39 is 0 Å². The monoisotopic (exact) mass is 478 g/mol. The normalized spacial score (nSPS) is 10.7. The van der Waals surface area contributed by atoms with E-state index in [0.29, 0.717) is 28.2 Å². The summed E-state index contributed by atoms with van der Waals surface area (Å²) in [6.45, 7) is 1.88. The summed E-state index contributed by atoms with van der Waals surface area (Å²) >= 11 is 1.26. The highest BCUT2D eigenvalue weighted by molar-refractivity contribution is 7.99. The fraction of sp³-hybridized carbons (Fsp3) is 0.160. The number of amides is 1. The van der Waals surface area contributed by atoms with Crippen molar-refractivity contribution in [1.82, 2.24) is 14.8 Å². The second-order valence-corrected chi connectivity index (χ2v) is 8.29. The highest BCUT2D eigenvalue weighted by Gasteiger charge is 2.18. The minimum absolute atomic E-state index is 0.113. The summed E-state index contributed by atoms with van der Waals surface area (Å²) in [7, 11) is 3.11. The number of nitrogens with zero attached hydrogens (tertiary/aromatic N) is 3. The van der Waals surface area contributed by atoms with Crippen molar-refractivity contribution in [2.45, 2.75) is 12.1 Å². The van der Waals surface area contributed by atoms with Crippen molar-refractivity contribution in [2.75, 3.05) is 25.3 Å². The standard InChI is InChI=1S/C25H23FN4O3S/c1-16-13-21(32-2)22(33-3)14-20(16)27-23(31)15-34-25-29-28-24(17-9-11-18(26)12-10-17)30(25)19-7-5-4-6-8-19/h4-14H,15H2,1-3H3,(H,27,31). The van der Waals surface area contributed by atoms with Gasteiger partial charge in [-0.3, -0.25) is 9.36 Å². The maximum absolute atomic E-state index is 13.4. The average molecular weight is 479 g/mol. The second kappa shape index (κ2) is 10.4. The number of methoxy groups -OCH3 is 2. The molecule has 0 aliphatic heterocycles. The van der Waals surface area contributed by atoms with Crippen molar-refractivity contribution in [3.63, 3.8) is 0 Å². The molecular formula is C25H23FN4O3S. The van der Waals surface area contributed by atoms with Gasteiger partial charge >= 0.3 is 0 Å². The van der Waals surface area contributed by atoms with E-state index in [4.69, 9.17) is 9.47 Å². The molecule has 34 heavy (non-hydrogen) atoms. The molecule has 4 rings (SSSR count). The van der Waals surface area contributed by atoms with Gasteiger partial charge in [0.15, 0.2) is 22.5 Å². The van der Waals surface area contributed by atoms with Gasteiger partial charge in [-0.15, -0.1) is 10.2 Å². The van der Waals surface area contributed by atoms with Crippen LogP contribution in [0.4, 0.5) is 10.1 Å². The topological polar surface area (TPSA) is 78.3 Å². The Labute approximate surface area is 200 Å². The van der Waals surface area contributed by atoms with Crippen LogP contribution in [0.5, 0.6) is 11.5 Å². The predicted molar refractivity (Wildman–Crippen MR) is 130 cm³/mol.